The van der Waals surface area contributed by atoms with Crippen molar-refractivity contribution in [2.75, 3.05) is 11.5 Å². The Labute approximate surface area is 95.0 Å². The van der Waals surface area contributed by atoms with Crippen molar-refractivity contribution in [2.45, 2.75) is 38.8 Å². The van der Waals surface area contributed by atoms with E-state index in [2.05, 4.69) is 5.32 Å². The summed E-state index contributed by atoms with van der Waals surface area (Å²) in [4.78, 5) is 11.4. The molecule has 0 atom stereocenters. The van der Waals surface area contributed by atoms with E-state index in [0.29, 0.717) is 5.75 Å². The summed E-state index contributed by atoms with van der Waals surface area (Å²) in [6.45, 7) is 6.82. The lowest BCUT2D eigenvalue weighted by Gasteiger charge is -2.37. The van der Waals surface area contributed by atoms with E-state index in [1.54, 1.807) is 27.7 Å². The van der Waals surface area contributed by atoms with Crippen molar-refractivity contribution < 1.29 is 9.90 Å². The van der Waals surface area contributed by atoms with E-state index in [9.17, 15) is 9.90 Å². The lowest BCUT2D eigenvalue weighted by molar-refractivity contribution is -0.123. The zero-order chi connectivity index (χ0) is 12.1. The van der Waals surface area contributed by atoms with Gasteiger partial charge < -0.3 is 10.4 Å². The Morgan fingerprint density at radius 1 is 1.47 bits per heavy atom. The number of hydrogen-bond donors (Lipinski definition) is 2. The molecule has 0 aliphatic rings. The molecular formula is C10H18N2O2S. The molecule has 0 aromatic rings. The first-order valence-electron chi connectivity index (χ1n) is 4.69. The minimum Gasteiger partial charge on any atom is -0.388 e. The molecule has 5 heteroatoms. The number of rotatable bonds is 5. The van der Waals surface area contributed by atoms with E-state index in [4.69, 9.17) is 5.26 Å². The molecule has 0 saturated carbocycles. The van der Waals surface area contributed by atoms with Crippen molar-refractivity contribution in [3.8, 4) is 6.07 Å². The first kappa shape index (κ1) is 14.3. The minimum atomic E-state index is -0.984. The minimum absolute atomic E-state index is 0.164. The number of carbonyl (C=O) groups excluding carboxylic acids is 1. The number of carbonyl (C=O) groups is 1. The average Bonchev–Trinajstić information content (AvgIpc) is 2.01. The fourth-order valence-corrected chi connectivity index (χ4v) is 1.18. The van der Waals surface area contributed by atoms with Gasteiger partial charge in [0.05, 0.1) is 28.7 Å². The summed E-state index contributed by atoms with van der Waals surface area (Å²) < 4.78 is 0. The summed E-state index contributed by atoms with van der Waals surface area (Å²) in [5.41, 5.74) is -1.67. The topological polar surface area (TPSA) is 73.1 Å². The van der Waals surface area contributed by atoms with Gasteiger partial charge in [0.25, 0.3) is 0 Å². The summed E-state index contributed by atoms with van der Waals surface area (Å²) >= 11 is 1.26. The highest BCUT2D eigenvalue weighted by Gasteiger charge is 2.36. The van der Waals surface area contributed by atoms with Gasteiger partial charge in [0.2, 0.25) is 5.91 Å². The van der Waals surface area contributed by atoms with Crippen LogP contribution in [0.25, 0.3) is 0 Å². The Morgan fingerprint density at radius 2 is 2.00 bits per heavy atom. The van der Waals surface area contributed by atoms with Gasteiger partial charge in [-0.1, -0.05) is 0 Å². The number of nitrogens with one attached hydrogen (secondary N) is 1. The third kappa shape index (κ3) is 5.05. The summed E-state index contributed by atoms with van der Waals surface area (Å²) in [6, 6.07) is 1.95. The molecule has 0 rings (SSSR count). The SMILES string of the molecule is CC(C)(O)C(C)(C)NC(=O)CSCC#N. The quantitative estimate of drug-likeness (QED) is 0.688. The smallest absolute Gasteiger partial charge is 0.230 e. The van der Waals surface area contributed by atoms with Crippen molar-refractivity contribution in [3.63, 3.8) is 0 Å². The highest BCUT2D eigenvalue weighted by atomic mass is 32.2. The van der Waals surface area contributed by atoms with Crippen LogP contribution in [0, 0.1) is 11.3 Å². The van der Waals surface area contributed by atoms with E-state index in [1.165, 1.54) is 11.8 Å². The van der Waals surface area contributed by atoms with E-state index in [0.717, 1.165) is 0 Å². The monoisotopic (exact) mass is 230 g/mol. The van der Waals surface area contributed by atoms with Crippen molar-refractivity contribution in [3.05, 3.63) is 0 Å². The van der Waals surface area contributed by atoms with Crippen molar-refractivity contribution >= 4 is 17.7 Å². The van der Waals surface area contributed by atoms with Gasteiger partial charge in [0, 0.05) is 0 Å². The number of thioether (sulfide) groups is 1. The second kappa shape index (κ2) is 5.38. The molecule has 0 aromatic carbocycles. The maximum atomic E-state index is 11.4. The fourth-order valence-electron chi connectivity index (χ4n) is 0.727. The molecular weight excluding hydrogens is 212 g/mol. The normalized spacial score (nSPS) is 12.0. The van der Waals surface area contributed by atoms with E-state index in [1.807, 2.05) is 6.07 Å². The Morgan fingerprint density at radius 3 is 2.40 bits per heavy atom. The predicted octanol–water partition coefficient (Wildman–Crippen LogP) is 0.909. The molecule has 0 bridgehead atoms. The molecule has 15 heavy (non-hydrogen) atoms. The van der Waals surface area contributed by atoms with Crippen LogP contribution in [0.2, 0.25) is 0 Å². The highest BCUT2D eigenvalue weighted by molar-refractivity contribution is 8.00. The molecule has 4 nitrogen and oxygen atoms in total. The highest BCUT2D eigenvalue weighted by Crippen LogP contribution is 2.20. The molecule has 1 amide bonds. The summed E-state index contributed by atoms with van der Waals surface area (Å²) in [5, 5.41) is 20.8. The Bertz CT molecular complexity index is 264. The predicted molar refractivity (Wildman–Crippen MR) is 61.5 cm³/mol. The molecule has 0 unspecified atom stereocenters. The molecule has 0 spiro atoms. The van der Waals surface area contributed by atoms with Gasteiger partial charge in [-0.3, -0.25) is 4.79 Å². The van der Waals surface area contributed by atoms with E-state index in [-0.39, 0.29) is 11.7 Å². The molecule has 86 valence electrons. The molecule has 0 aromatic heterocycles. The first-order chi connectivity index (χ1) is 6.70. The van der Waals surface area contributed by atoms with Crippen LogP contribution in [0.3, 0.4) is 0 Å². The Hall–Kier alpha value is -0.730. The molecule has 0 saturated heterocycles. The zero-order valence-electron chi connectivity index (χ0n) is 9.63. The maximum Gasteiger partial charge on any atom is 0.230 e. The summed E-state index contributed by atoms with van der Waals surface area (Å²) in [5.74, 6) is 0.381. The van der Waals surface area contributed by atoms with Crippen molar-refractivity contribution in [1.29, 1.82) is 5.26 Å². The van der Waals surface area contributed by atoms with Crippen LogP contribution >= 0.6 is 11.8 Å². The molecule has 0 radical (unpaired) electrons. The van der Waals surface area contributed by atoms with E-state index < -0.39 is 11.1 Å². The molecule has 0 aliphatic carbocycles. The van der Waals surface area contributed by atoms with Gasteiger partial charge in [0.1, 0.15) is 0 Å². The first-order valence-corrected chi connectivity index (χ1v) is 5.84. The molecule has 2 N–H and O–H groups in total. The number of aliphatic hydroxyl groups is 1. The van der Waals surface area contributed by atoms with Crippen molar-refractivity contribution in [1.82, 2.24) is 5.32 Å². The van der Waals surface area contributed by atoms with Gasteiger partial charge in [-0.15, -0.1) is 11.8 Å². The van der Waals surface area contributed by atoms with Crippen LogP contribution in [0.1, 0.15) is 27.7 Å². The third-order valence-electron chi connectivity index (χ3n) is 2.38. The van der Waals surface area contributed by atoms with Crippen LogP contribution in [0.5, 0.6) is 0 Å². The van der Waals surface area contributed by atoms with Crippen LogP contribution < -0.4 is 5.32 Å². The van der Waals surface area contributed by atoms with Gasteiger partial charge in [-0.2, -0.15) is 5.26 Å². The molecule has 0 heterocycles. The lowest BCUT2D eigenvalue weighted by atomic mass is 9.86. The summed E-state index contributed by atoms with van der Waals surface area (Å²) in [6.07, 6.45) is 0. The number of amides is 1. The zero-order valence-corrected chi connectivity index (χ0v) is 10.4. The molecule has 0 fully saturated rings. The van der Waals surface area contributed by atoms with Gasteiger partial charge in [-0.25, -0.2) is 0 Å². The Kier molecular flexibility index (Phi) is 5.12. The maximum absolute atomic E-state index is 11.4. The second-order valence-electron chi connectivity index (χ2n) is 4.38. The number of nitriles is 1. The number of hydrogen-bond acceptors (Lipinski definition) is 4. The van der Waals surface area contributed by atoms with Gasteiger partial charge >= 0.3 is 0 Å². The fraction of sp³-hybridized carbons (Fsp3) is 0.800. The van der Waals surface area contributed by atoms with Gasteiger partial charge in [0.15, 0.2) is 0 Å². The summed E-state index contributed by atoms with van der Waals surface area (Å²) in [7, 11) is 0. The Balaban J connectivity index is 4.13. The lowest BCUT2D eigenvalue weighted by Crippen LogP contribution is -2.58. The van der Waals surface area contributed by atoms with Crippen LogP contribution in [-0.4, -0.2) is 33.7 Å². The standard InChI is InChI=1S/C10H18N2O2S/c1-9(2,10(3,4)14)12-8(13)7-15-6-5-11/h14H,6-7H2,1-4H3,(H,12,13). The van der Waals surface area contributed by atoms with Crippen LogP contribution in [-0.2, 0) is 4.79 Å². The number of nitrogens with zero attached hydrogens (tertiary/aromatic N) is 1. The van der Waals surface area contributed by atoms with Crippen molar-refractivity contribution in [2.24, 2.45) is 0 Å². The van der Waals surface area contributed by atoms with E-state index >= 15 is 0 Å². The third-order valence-corrected chi connectivity index (χ3v) is 3.18. The van der Waals surface area contributed by atoms with Gasteiger partial charge in [-0.05, 0) is 27.7 Å². The average molecular weight is 230 g/mol. The van der Waals surface area contributed by atoms with Crippen LogP contribution in [0.4, 0.5) is 0 Å². The molecule has 0 aliphatic heterocycles. The largest absolute Gasteiger partial charge is 0.388 e. The second-order valence-corrected chi connectivity index (χ2v) is 5.37. The van der Waals surface area contributed by atoms with Crippen LogP contribution in [0.15, 0.2) is 0 Å².